The van der Waals surface area contributed by atoms with E-state index >= 15 is 0 Å². The van der Waals surface area contributed by atoms with Gasteiger partial charge in [-0.25, -0.2) is 0 Å². The zero-order chi connectivity index (χ0) is 21.8. The fourth-order valence-electron chi connectivity index (χ4n) is 2.58. The maximum absolute atomic E-state index is 12.3. The van der Waals surface area contributed by atoms with E-state index in [-0.39, 0.29) is 40.2 Å². The van der Waals surface area contributed by atoms with Gasteiger partial charge < -0.3 is 10.1 Å². The summed E-state index contributed by atoms with van der Waals surface area (Å²) in [6, 6.07) is 8.62. The summed E-state index contributed by atoms with van der Waals surface area (Å²) in [4.78, 5) is 23.1. The third-order valence-electron chi connectivity index (χ3n) is 4.10. The molecule has 0 saturated heterocycles. The first kappa shape index (κ1) is 22.3. The summed E-state index contributed by atoms with van der Waals surface area (Å²) < 4.78 is 8.40. The first-order valence-corrected chi connectivity index (χ1v) is 10.5. The van der Waals surface area contributed by atoms with Gasteiger partial charge in [0.05, 0.1) is 38.0 Å². The molecule has 1 aromatic heterocycles. The molecule has 0 spiro atoms. The lowest BCUT2D eigenvalue weighted by molar-refractivity contribution is -0.384. The van der Waals surface area contributed by atoms with Crippen LogP contribution in [0.3, 0.4) is 0 Å². The minimum Gasteiger partial charge on any atom is -0.455 e. The highest BCUT2D eigenvalue weighted by Gasteiger charge is 2.15. The number of nitro groups is 1. The number of aromatic nitrogens is 2. The summed E-state index contributed by atoms with van der Waals surface area (Å²) in [5.74, 6) is 0.125. The van der Waals surface area contributed by atoms with Crippen LogP contribution >= 0.6 is 45.8 Å². The molecule has 0 unspecified atom stereocenters. The lowest BCUT2D eigenvalue weighted by Crippen LogP contribution is -2.15. The first-order valence-electron chi connectivity index (χ1n) is 8.63. The van der Waals surface area contributed by atoms with E-state index in [1.165, 1.54) is 24.3 Å². The maximum atomic E-state index is 12.3. The molecular formula is C19H15Cl2IN4O4. The average molecular weight is 561 g/mol. The molecule has 0 atom stereocenters. The number of nitrogens with one attached hydrogen (secondary N) is 1. The van der Waals surface area contributed by atoms with Crippen LogP contribution in [0.4, 0.5) is 11.4 Å². The highest BCUT2D eigenvalue weighted by atomic mass is 127. The fraction of sp³-hybridized carbons (Fsp3) is 0.158. The largest absolute Gasteiger partial charge is 0.455 e. The van der Waals surface area contributed by atoms with Gasteiger partial charge in [-0.15, -0.1) is 0 Å². The number of aryl methyl sites for hydroxylation is 1. The molecule has 2 aromatic carbocycles. The topological polar surface area (TPSA) is 99.3 Å². The number of rotatable bonds is 7. The van der Waals surface area contributed by atoms with Crippen molar-refractivity contribution in [3.63, 3.8) is 0 Å². The fourth-order valence-corrected chi connectivity index (χ4v) is 3.43. The van der Waals surface area contributed by atoms with Gasteiger partial charge in [0.1, 0.15) is 11.5 Å². The number of non-ortho nitro benzene ring substituents is 1. The minimum atomic E-state index is -0.568. The molecule has 1 heterocycles. The van der Waals surface area contributed by atoms with Gasteiger partial charge in [-0.05, 0) is 47.7 Å². The minimum absolute atomic E-state index is 0.153. The van der Waals surface area contributed by atoms with Gasteiger partial charge in [-0.3, -0.25) is 19.6 Å². The van der Waals surface area contributed by atoms with Gasteiger partial charge in [-0.1, -0.05) is 23.2 Å². The molecular weight excluding hydrogens is 546 g/mol. The Labute approximate surface area is 195 Å². The summed E-state index contributed by atoms with van der Waals surface area (Å²) in [5.41, 5.74) is 0.973. The number of carbonyl (C=O) groups is 1. The quantitative estimate of drug-likeness (QED) is 0.222. The van der Waals surface area contributed by atoms with Crippen LogP contribution in [0.1, 0.15) is 12.1 Å². The molecule has 0 radical (unpaired) electrons. The highest BCUT2D eigenvalue weighted by Crippen LogP contribution is 2.34. The number of nitro benzene ring substituents is 1. The van der Waals surface area contributed by atoms with Crippen LogP contribution in [0.2, 0.25) is 10.0 Å². The van der Waals surface area contributed by atoms with Crippen LogP contribution in [0, 0.1) is 20.6 Å². The van der Waals surface area contributed by atoms with E-state index < -0.39 is 4.92 Å². The van der Waals surface area contributed by atoms with E-state index in [4.69, 9.17) is 27.9 Å². The van der Waals surface area contributed by atoms with Crippen LogP contribution < -0.4 is 10.1 Å². The Kier molecular flexibility index (Phi) is 7.16. The Balaban J connectivity index is 1.75. The third-order valence-corrected chi connectivity index (χ3v) is 5.69. The van der Waals surface area contributed by atoms with Crippen molar-refractivity contribution in [3.8, 4) is 11.5 Å². The normalized spacial score (nSPS) is 10.7. The molecule has 0 aliphatic heterocycles. The van der Waals surface area contributed by atoms with Crippen LogP contribution in [-0.2, 0) is 11.3 Å². The molecule has 0 saturated carbocycles. The van der Waals surface area contributed by atoms with E-state index in [0.717, 1.165) is 9.26 Å². The van der Waals surface area contributed by atoms with Crippen molar-refractivity contribution in [2.75, 3.05) is 5.32 Å². The predicted octanol–water partition coefficient (Wildman–Crippen LogP) is 5.83. The number of carbonyl (C=O) groups excluding carboxylic acids is 1. The van der Waals surface area contributed by atoms with Gasteiger partial charge in [0.25, 0.3) is 5.69 Å². The smallest absolute Gasteiger partial charge is 0.275 e. The van der Waals surface area contributed by atoms with Gasteiger partial charge in [-0.2, -0.15) is 5.10 Å². The summed E-state index contributed by atoms with van der Waals surface area (Å²) in [6.45, 7) is 2.30. The molecule has 156 valence electrons. The van der Waals surface area contributed by atoms with Crippen molar-refractivity contribution in [3.05, 3.63) is 72.0 Å². The maximum Gasteiger partial charge on any atom is 0.275 e. The number of hydrogen-bond acceptors (Lipinski definition) is 5. The molecule has 11 heteroatoms. The van der Waals surface area contributed by atoms with Gasteiger partial charge >= 0.3 is 0 Å². The van der Waals surface area contributed by atoms with Crippen LogP contribution in [0.25, 0.3) is 0 Å². The van der Waals surface area contributed by atoms with Crippen LogP contribution in [0.15, 0.2) is 42.6 Å². The van der Waals surface area contributed by atoms with Gasteiger partial charge in [0.2, 0.25) is 5.91 Å². The number of benzene rings is 2. The summed E-state index contributed by atoms with van der Waals surface area (Å²) in [7, 11) is 0. The van der Waals surface area contributed by atoms with Gasteiger partial charge in [0.15, 0.2) is 0 Å². The molecule has 1 amide bonds. The van der Waals surface area contributed by atoms with Crippen molar-refractivity contribution >= 4 is 63.1 Å². The lowest BCUT2D eigenvalue weighted by atomic mass is 10.2. The van der Waals surface area contributed by atoms with Crippen molar-refractivity contribution in [2.24, 2.45) is 0 Å². The number of hydrogen-bond donors (Lipinski definition) is 1. The summed E-state index contributed by atoms with van der Waals surface area (Å²) in [5, 5.41) is 18.8. The number of halogens is 3. The van der Waals surface area contributed by atoms with E-state index in [9.17, 15) is 14.9 Å². The van der Waals surface area contributed by atoms with Crippen molar-refractivity contribution in [2.45, 2.75) is 19.9 Å². The number of anilines is 1. The lowest BCUT2D eigenvalue weighted by Gasteiger charge is -2.11. The highest BCUT2D eigenvalue weighted by molar-refractivity contribution is 14.1. The molecule has 30 heavy (non-hydrogen) atoms. The Hall–Kier alpha value is -2.37. The molecule has 0 aliphatic rings. The second-order valence-electron chi connectivity index (χ2n) is 6.25. The van der Waals surface area contributed by atoms with Crippen molar-refractivity contribution < 1.29 is 14.5 Å². The van der Waals surface area contributed by atoms with Crippen molar-refractivity contribution in [1.82, 2.24) is 9.78 Å². The molecule has 3 rings (SSSR count). The monoisotopic (exact) mass is 560 g/mol. The van der Waals surface area contributed by atoms with Crippen LogP contribution in [-0.4, -0.2) is 20.6 Å². The van der Waals surface area contributed by atoms with Crippen LogP contribution in [0.5, 0.6) is 11.5 Å². The Morgan fingerprint density at radius 1 is 1.30 bits per heavy atom. The SMILES string of the molecule is Cc1c(I)cnn1CCC(=O)Nc1cc(Oc2ccc(Cl)cc2Cl)cc([N+](=O)[O-])c1. The Morgan fingerprint density at radius 3 is 2.70 bits per heavy atom. The predicted molar refractivity (Wildman–Crippen MR) is 123 cm³/mol. The summed E-state index contributed by atoms with van der Waals surface area (Å²) in [6.07, 6.45) is 1.88. The van der Waals surface area contributed by atoms with E-state index in [0.29, 0.717) is 11.6 Å². The molecule has 0 bridgehead atoms. The zero-order valence-corrected chi connectivity index (χ0v) is 19.2. The molecule has 3 aromatic rings. The number of ether oxygens (including phenoxy) is 1. The average Bonchev–Trinajstić information content (AvgIpc) is 3.00. The number of nitrogens with zero attached hydrogens (tertiary/aromatic N) is 3. The molecule has 1 N–H and O–H groups in total. The third kappa shape index (κ3) is 5.61. The second kappa shape index (κ2) is 9.63. The molecule has 0 fully saturated rings. The molecule has 8 nitrogen and oxygen atoms in total. The second-order valence-corrected chi connectivity index (χ2v) is 8.25. The first-order chi connectivity index (χ1) is 14.2. The summed E-state index contributed by atoms with van der Waals surface area (Å²) >= 11 is 14.1. The standard InChI is InChI=1S/C19H15Cl2IN4O4/c1-11-17(22)10-23-25(11)5-4-19(27)24-13-7-14(26(28)29)9-15(8-13)30-18-3-2-12(20)6-16(18)21/h2-3,6-10H,4-5H2,1H3,(H,24,27). The molecule has 0 aliphatic carbocycles. The Morgan fingerprint density at radius 2 is 2.07 bits per heavy atom. The van der Waals surface area contributed by atoms with E-state index in [1.807, 2.05) is 6.92 Å². The van der Waals surface area contributed by atoms with E-state index in [1.54, 1.807) is 23.0 Å². The van der Waals surface area contributed by atoms with E-state index in [2.05, 4.69) is 33.0 Å². The Bertz CT molecular complexity index is 1120. The zero-order valence-electron chi connectivity index (χ0n) is 15.6. The number of amides is 1. The van der Waals surface area contributed by atoms with Gasteiger partial charge in [0, 0.05) is 29.3 Å². The van der Waals surface area contributed by atoms with Crippen molar-refractivity contribution in [1.29, 1.82) is 0 Å².